The Bertz CT molecular complexity index is 2560. The van der Waals surface area contributed by atoms with Crippen molar-refractivity contribution in [3.8, 4) is 0 Å². The van der Waals surface area contributed by atoms with Gasteiger partial charge in [0.2, 0.25) is 0 Å². The van der Waals surface area contributed by atoms with Gasteiger partial charge in [-0.05, 0) is 168 Å². The lowest BCUT2D eigenvalue weighted by molar-refractivity contribution is -0.0793. The zero-order valence-corrected chi connectivity index (χ0v) is 33.4. The molecule has 0 N–H and O–H groups in total. The van der Waals surface area contributed by atoms with E-state index >= 15 is 0 Å². The van der Waals surface area contributed by atoms with Gasteiger partial charge in [0.15, 0.2) is 0 Å². The fourth-order valence-corrected chi connectivity index (χ4v) is 14.3. The maximum absolute atomic E-state index is 2.69. The lowest BCUT2D eigenvalue weighted by Gasteiger charge is -2.64. The van der Waals surface area contributed by atoms with Crippen LogP contribution in [0.5, 0.6) is 0 Å². The minimum Gasteiger partial charge on any atom is -0.311 e. The van der Waals surface area contributed by atoms with Crippen molar-refractivity contribution in [1.29, 1.82) is 0 Å². The van der Waals surface area contributed by atoms with Crippen LogP contribution in [-0.4, -0.2) is 6.71 Å². The van der Waals surface area contributed by atoms with Crippen LogP contribution in [0.2, 0.25) is 0 Å². The van der Waals surface area contributed by atoms with Crippen LogP contribution in [0.1, 0.15) is 94.0 Å². The van der Waals surface area contributed by atoms with Crippen molar-refractivity contribution in [2.45, 2.75) is 96.3 Å². The molecule has 1 aromatic heterocycles. The molecule has 54 heavy (non-hydrogen) atoms. The molecule has 2 unspecified atom stereocenters. The van der Waals surface area contributed by atoms with E-state index in [2.05, 4.69) is 160 Å². The number of aryl methyl sites for hydroxylation is 2. The molecule has 2 atom stereocenters. The molecule has 5 aromatic carbocycles. The summed E-state index contributed by atoms with van der Waals surface area (Å²) >= 11 is 2.06. The first-order valence-corrected chi connectivity index (χ1v) is 21.5. The number of benzene rings is 5. The van der Waals surface area contributed by atoms with E-state index in [1.807, 2.05) is 0 Å². The van der Waals surface area contributed by atoms with E-state index < -0.39 is 0 Å². The number of para-hydroxylation sites is 2. The van der Waals surface area contributed by atoms with E-state index in [0.29, 0.717) is 5.41 Å². The standard InChI is InChI=1S/C50H49BN2S/c1-29-12-10-13-30(2)45(29)53-40-17-11-16-39-44(40)51(38-25-36-37(26-41(38)53)49(5,6)23-22-48(36,3)4)47-46(52(39)34-14-8-7-9-15-34)35-24-33(20-21-42(35)54-47)50-27-31-18-19-32(28-50)43(31)50/h7-17,20-21,24-26,31-32,43H,18-19,22-23,27-28H2,1-6H3. The van der Waals surface area contributed by atoms with Gasteiger partial charge >= 0.3 is 0 Å². The van der Waals surface area contributed by atoms with E-state index in [1.165, 1.54) is 115 Å². The predicted molar refractivity (Wildman–Crippen MR) is 231 cm³/mol. The molecule has 0 amide bonds. The lowest BCUT2D eigenvalue weighted by atomic mass is 9.35. The van der Waals surface area contributed by atoms with Crippen LogP contribution < -0.4 is 25.5 Å². The fourth-order valence-electron chi connectivity index (χ4n) is 13.0. The third-order valence-electron chi connectivity index (χ3n) is 15.6. The number of hydrogen-bond donors (Lipinski definition) is 0. The van der Waals surface area contributed by atoms with E-state index in [9.17, 15) is 0 Å². The summed E-state index contributed by atoms with van der Waals surface area (Å²) in [6.45, 7) is 14.7. The van der Waals surface area contributed by atoms with Crippen molar-refractivity contribution in [2.75, 3.05) is 9.80 Å². The van der Waals surface area contributed by atoms with Gasteiger partial charge in [0, 0.05) is 37.6 Å². The molecule has 6 aliphatic rings. The van der Waals surface area contributed by atoms with Crippen molar-refractivity contribution < 1.29 is 0 Å². The largest absolute Gasteiger partial charge is 0.311 e. The summed E-state index contributed by atoms with van der Waals surface area (Å²) in [5.41, 5.74) is 18.9. The average Bonchev–Trinajstić information content (AvgIpc) is 3.56. The Morgan fingerprint density at radius 1 is 0.648 bits per heavy atom. The second kappa shape index (κ2) is 10.5. The highest BCUT2D eigenvalue weighted by molar-refractivity contribution is 7.33. The van der Waals surface area contributed by atoms with Gasteiger partial charge in [-0.3, -0.25) is 0 Å². The molecule has 2 aliphatic heterocycles. The Kier molecular flexibility index (Phi) is 6.24. The van der Waals surface area contributed by atoms with Gasteiger partial charge in [-0.1, -0.05) is 82.3 Å². The Morgan fingerprint density at radius 3 is 2.00 bits per heavy atom. The van der Waals surface area contributed by atoms with Crippen LogP contribution in [0.15, 0.2) is 97.1 Å². The maximum Gasteiger partial charge on any atom is 0.264 e. The Morgan fingerprint density at radius 2 is 1.30 bits per heavy atom. The molecule has 0 radical (unpaired) electrons. The third-order valence-corrected chi connectivity index (χ3v) is 16.8. The molecule has 12 rings (SSSR count). The van der Waals surface area contributed by atoms with Crippen LogP contribution in [-0.2, 0) is 16.2 Å². The number of rotatable bonds is 3. The van der Waals surface area contributed by atoms with Gasteiger partial charge in [0.1, 0.15) is 0 Å². The minimum atomic E-state index is 0.115. The van der Waals surface area contributed by atoms with Gasteiger partial charge in [0.05, 0.1) is 11.4 Å². The monoisotopic (exact) mass is 720 g/mol. The minimum absolute atomic E-state index is 0.115. The highest BCUT2D eigenvalue weighted by Gasteiger charge is 2.67. The fraction of sp³-hybridized carbons (Fsp3) is 0.360. The van der Waals surface area contributed by atoms with Crippen molar-refractivity contribution >= 4 is 78.0 Å². The molecule has 3 heterocycles. The molecule has 3 fully saturated rings. The van der Waals surface area contributed by atoms with Crippen LogP contribution >= 0.6 is 11.3 Å². The molecular formula is C50H49BN2S. The van der Waals surface area contributed by atoms with Crippen molar-refractivity contribution in [3.05, 3.63) is 125 Å². The van der Waals surface area contributed by atoms with Crippen molar-refractivity contribution in [3.63, 3.8) is 0 Å². The number of anilines is 6. The van der Waals surface area contributed by atoms with Crippen LogP contribution in [0.25, 0.3) is 10.1 Å². The first-order chi connectivity index (χ1) is 26.1. The quantitative estimate of drug-likeness (QED) is 0.168. The van der Waals surface area contributed by atoms with Gasteiger partial charge in [0.25, 0.3) is 6.71 Å². The summed E-state index contributed by atoms with van der Waals surface area (Å²) in [7, 11) is 0. The van der Waals surface area contributed by atoms with E-state index in [0.717, 1.165) is 17.8 Å². The molecule has 4 heteroatoms. The normalized spacial score (nSPS) is 26.0. The van der Waals surface area contributed by atoms with Gasteiger partial charge < -0.3 is 9.80 Å². The maximum atomic E-state index is 2.69. The highest BCUT2D eigenvalue weighted by Crippen LogP contribution is 2.73. The SMILES string of the molecule is Cc1cccc(C)c1N1c2cc3c(cc2B2c4sc5ccc(C67CC8CCC(C6)C87)cc5c4N(c4ccccc4)c4cccc1c42)C(C)(C)CCC3(C)C. The van der Waals surface area contributed by atoms with Crippen molar-refractivity contribution in [2.24, 2.45) is 17.8 Å². The first kappa shape index (κ1) is 32.0. The number of thiophene rings is 1. The number of nitrogens with zero attached hydrogens (tertiary/aromatic N) is 2. The molecule has 0 bridgehead atoms. The summed E-state index contributed by atoms with van der Waals surface area (Å²) in [6.07, 6.45) is 8.15. The Labute approximate surface area is 325 Å². The van der Waals surface area contributed by atoms with Crippen molar-refractivity contribution in [1.82, 2.24) is 0 Å². The molecule has 0 saturated heterocycles. The summed E-state index contributed by atoms with van der Waals surface area (Å²) in [5, 5.41) is 1.45. The highest BCUT2D eigenvalue weighted by atomic mass is 32.1. The summed E-state index contributed by atoms with van der Waals surface area (Å²) in [4.78, 5) is 5.31. The Balaban J connectivity index is 1.17. The van der Waals surface area contributed by atoms with Gasteiger partial charge in [-0.15, -0.1) is 11.3 Å². The lowest BCUT2D eigenvalue weighted by Crippen LogP contribution is -2.61. The molecule has 3 saturated carbocycles. The average molecular weight is 721 g/mol. The third kappa shape index (κ3) is 3.93. The van der Waals surface area contributed by atoms with E-state index in [-0.39, 0.29) is 17.5 Å². The van der Waals surface area contributed by atoms with Crippen LogP contribution in [0.4, 0.5) is 34.1 Å². The molecule has 4 aliphatic carbocycles. The Hall–Kier alpha value is -4.28. The summed E-state index contributed by atoms with van der Waals surface area (Å²) < 4.78 is 2.92. The second-order valence-electron chi connectivity index (χ2n) is 19.3. The van der Waals surface area contributed by atoms with E-state index in [1.54, 1.807) is 11.1 Å². The molecule has 0 spiro atoms. The topological polar surface area (TPSA) is 6.48 Å². The second-order valence-corrected chi connectivity index (χ2v) is 20.4. The summed E-state index contributed by atoms with van der Waals surface area (Å²) in [6, 6.07) is 38.3. The number of fused-ring (bicyclic) bond motifs is 7. The zero-order valence-electron chi connectivity index (χ0n) is 32.6. The molecule has 2 nitrogen and oxygen atoms in total. The molecule has 6 aromatic rings. The first-order valence-electron chi connectivity index (χ1n) is 20.7. The van der Waals surface area contributed by atoms with Crippen LogP contribution in [0.3, 0.4) is 0 Å². The molecular weight excluding hydrogens is 671 g/mol. The van der Waals surface area contributed by atoms with Gasteiger partial charge in [-0.25, -0.2) is 0 Å². The van der Waals surface area contributed by atoms with Gasteiger partial charge in [-0.2, -0.15) is 0 Å². The van der Waals surface area contributed by atoms with Crippen LogP contribution in [0, 0.1) is 31.6 Å². The van der Waals surface area contributed by atoms with E-state index in [4.69, 9.17) is 0 Å². The zero-order chi connectivity index (χ0) is 36.5. The predicted octanol–water partition coefficient (Wildman–Crippen LogP) is 11.6. The number of hydrogen-bond acceptors (Lipinski definition) is 3. The molecule has 268 valence electrons. The summed E-state index contributed by atoms with van der Waals surface area (Å²) in [5.74, 6) is 2.87. The smallest absolute Gasteiger partial charge is 0.264 e.